The Morgan fingerprint density at radius 3 is 2.93 bits per heavy atom. The predicted octanol–water partition coefficient (Wildman–Crippen LogP) is 1.28. The maximum Gasteiger partial charge on any atom is 0.169 e. The molecule has 0 aliphatic carbocycles. The van der Waals surface area contributed by atoms with Crippen molar-refractivity contribution in [3.05, 3.63) is 22.6 Å². The molecule has 0 bridgehead atoms. The van der Waals surface area contributed by atoms with Gasteiger partial charge < -0.3 is 20.2 Å². The fourth-order valence-electron chi connectivity index (χ4n) is 1.15. The van der Waals surface area contributed by atoms with E-state index < -0.39 is 0 Å². The number of ether oxygens (including phenoxy) is 1. The summed E-state index contributed by atoms with van der Waals surface area (Å²) in [5.41, 5.74) is 5.62. The Hall–Kier alpha value is -0.360. The minimum Gasteiger partial charge on any atom is -0.453 e. The summed E-state index contributed by atoms with van der Waals surface area (Å²) in [6.07, 6.45) is 0. The highest BCUT2D eigenvalue weighted by atomic mass is 79.9. The molecule has 1 aromatic heterocycles. The topological polar surface area (TPSA) is 60.4 Å². The Labute approximate surface area is 91.9 Å². The Kier molecular flexibility index (Phi) is 5.17. The number of halogens is 1. The predicted molar refractivity (Wildman–Crippen MR) is 58.1 cm³/mol. The van der Waals surface area contributed by atoms with Gasteiger partial charge >= 0.3 is 0 Å². The highest BCUT2D eigenvalue weighted by Gasteiger charge is 2.12. The summed E-state index contributed by atoms with van der Waals surface area (Å²) < 4.78 is 11.1. The second-order valence-electron chi connectivity index (χ2n) is 2.88. The molecule has 1 atom stereocenters. The molecule has 3 N–H and O–H groups in total. The minimum atomic E-state index is 0.0523. The zero-order valence-corrected chi connectivity index (χ0v) is 9.71. The molecular formula is C9H15BrN2O2. The second kappa shape index (κ2) is 6.19. The van der Waals surface area contributed by atoms with E-state index in [1.807, 2.05) is 12.1 Å². The minimum absolute atomic E-state index is 0.0523. The molecule has 1 rings (SSSR count). The van der Waals surface area contributed by atoms with Crippen LogP contribution in [0, 0.1) is 0 Å². The van der Waals surface area contributed by atoms with Crippen LogP contribution in [0.25, 0.3) is 0 Å². The zero-order chi connectivity index (χ0) is 10.4. The first-order valence-corrected chi connectivity index (χ1v) is 5.25. The van der Waals surface area contributed by atoms with Crippen LogP contribution in [0.3, 0.4) is 0 Å². The lowest BCUT2D eigenvalue weighted by Crippen LogP contribution is -2.30. The van der Waals surface area contributed by atoms with Crippen LogP contribution in [0.2, 0.25) is 0 Å². The molecule has 1 aromatic rings. The molecule has 0 fully saturated rings. The van der Waals surface area contributed by atoms with Crippen molar-refractivity contribution in [1.82, 2.24) is 5.32 Å². The van der Waals surface area contributed by atoms with Crippen molar-refractivity contribution >= 4 is 15.9 Å². The summed E-state index contributed by atoms with van der Waals surface area (Å²) in [4.78, 5) is 0. The van der Waals surface area contributed by atoms with Crippen LogP contribution >= 0.6 is 15.9 Å². The Bertz CT molecular complexity index is 265. The lowest BCUT2D eigenvalue weighted by molar-refractivity contribution is 0.194. The molecule has 1 unspecified atom stereocenters. The van der Waals surface area contributed by atoms with Crippen molar-refractivity contribution in [2.24, 2.45) is 5.73 Å². The van der Waals surface area contributed by atoms with E-state index in [0.717, 1.165) is 17.0 Å². The average Bonchev–Trinajstić information content (AvgIpc) is 2.60. The Balaban J connectivity index is 2.45. The van der Waals surface area contributed by atoms with Gasteiger partial charge in [0.1, 0.15) is 5.76 Å². The van der Waals surface area contributed by atoms with Crippen molar-refractivity contribution in [2.45, 2.75) is 6.04 Å². The van der Waals surface area contributed by atoms with E-state index in [0.29, 0.717) is 13.2 Å². The number of hydrogen-bond donors (Lipinski definition) is 2. The van der Waals surface area contributed by atoms with Crippen LogP contribution in [0.5, 0.6) is 0 Å². The van der Waals surface area contributed by atoms with Gasteiger partial charge in [0.2, 0.25) is 0 Å². The van der Waals surface area contributed by atoms with E-state index in [2.05, 4.69) is 21.2 Å². The highest BCUT2D eigenvalue weighted by Crippen LogP contribution is 2.19. The molecule has 0 aromatic carbocycles. The monoisotopic (exact) mass is 262 g/mol. The van der Waals surface area contributed by atoms with Gasteiger partial charge in [-0.05, 0) is 28.1 Å². The molecule has 0 aliphatic heterocycles. The molecule has 1 heterocycles. The molecule has 5 heteroatoms. The standard InChI is InChI=1S/C9H15BrN2O2/c1-13-5-4-12-7(6-11)8-2-3-9(10)14-8/h2-3,7,12H,4-6,11H2,1H3. The van der Waals surface area contributed by atoms with Crippen molar-refractivity contribution in [3.63, 3.8) is 0 Å². The van der Waals surface area contributed by atoms with Crippen LogP contribution < -0.4 is 11.1 Å². The third-order valence-electron chi connectivity index (χ3n) is 1.87. The largest absolute Gasteiger partial charge is 0.453 e. The quantitative estimate of drug-likeness (QED) is 0.759. The maximum atomic E-state index is 5.62. The molecule has 0 amide bonds. The average molecular weight is 263 g/mol. The SMILES string of the molecule is COCCNC(CN)c1ccc(Br)o1. The van der Waals surface area contributed by atoms with Gasteiger partial charge in [-0.15, -0.1) is 0 Å². The normalized spacial score (nSPS) is 13.1. The van der Waals surface area contributed by atoms with Crippen LogP contribution in [-0.4, -0.2) is 26.8 Å². The van der Waals surface area contributed by atoms with Gasteiger partial charge in [0.15, 0.2) is 4.67 Å². The van der Waals surface area contributed by atoms with Crippen LogP contribution in [0.15, 0.2) is 21.2 Å². The smallest absolute Gasteiger partial charge is 0.169 e. The fourth-order valence-corrected chi connectivity index (χ4v) is 1.47. The first-order chi connectivity index (χ1) is 6.77. The van der Waals surface area contributed by atoms with E-state index in [1.165, 1.54) is 0 Å². The van der Waals surface area contributed by atoms with E-state index >= 15 is 0 Å². The third-order valence-corrected chi connectivity index (χ3v) is 2.30. The second-order valence-corrected chi connectivity index (χ2v) is 3.66. The molecule has 0 aliphatic rings. The van der Waals surface area contributed by atoms with Crippen LogP contribution in [0.1, 0.15) is 11.8 Å². The maximum absolute atomic E-state index is 5.62. The number of methoxy groups -OCH3 is 1. The van der Waals surface area contributed by atoms with E-state index in [-0.39, 0.29) is 6.04 Å². The summed E-state index contributed by atoms with van der Waals surface area (Å²) in [6.45, 7) is 1.93. The van der Waals surface area contributed by atoms with Crippen molar-refractivity contribution in [1.29, 1.82) is 0 Å². The number of furan rings is 1. The molecule has 0 radical (unpaired) electrons. The summed E-state index contributed by atoms with van der Waals surface area (Å²) in [5.74, 6) is 0.843. The molecule has 4 nitrogen and oxygen atoms in total. The van der Waals surface area contributed by atoms with Gasteiger partial charge in [-0.3, -0.25) is 0 Å². The van der Waals surface area contributed by atoms with E-state index in [9.17, 15) is 0 Å². The van der Waals surface area contributed by atoms with Crippen molar-refractivity contribution < 1.29 is 9.15 Å². The van der Waals surface area contributed by atoms with Gasteiger partial charge in [0.05, 0.1) is 12.6 Å². The first kappa shape index (κ1) is 11.7. The lowest BCUT2D eigenvalue weighted by Gasteiger charge is -2.13. The summed E-state index contributed by atoms with van der Waals surface area (Å²) >= 11 is 3.25. The van der Waals surface area contributed by atoms with Gasteiger partial charge in [0, 0.05) is 20.2 Å². The highest BCUT2D eigenvalue weighted by molar-refractivity contribution is 9.10. The van der Waals surface area contributed by atoms with Gasteiger partial charge in [-0.25, -0.2) is 0 Å². The van der Waals surface area contributed by atoms with Crippen LogP contribution in [-0.2, 0) is 4.74 Å². The number of hydrogen-bond acceptors (Lipinski definition) is 4. The van der Waals surface area contributed by atoms with Crippen LogP contribution in [0.4, 0.5) is 0 Å². The summed E-state index contributed by atoms with van der Waals surface area (Å²) in [7, 11) is 1.67. The first-order valence-electron chi connectivity index (χ1n) is 4.45. The van der Waals surface area contributed by atoms with E-state index in [4.69, 9.17) is 14.9 Å². The molecule has 0 saturated carbocycles. The number of nitrogens with two attached hydrogens (primary N) is 1. The molecular weight excluding hydrogens is 248 g/mol. The zero-order valence-electron chi connectivity index (χ0n) is 8.13. The van der Waals surface area contributed by atoms with E-state index in [1.54, 1.807) is 7.11 Å². The van der Waals surface area contributed by atoms with Gasteiger partial charge in [-0.2, -0.15) is 0 Å². The van der Waals surface area contributed by atoms with Crippen molar-refractivity contribution in [3.8, 4) is 0 Å². The molecule has 0 saturated heterocycles. The number of rotatable bonds is 6. The van der Waals surface area contributed by atoms with Gasteiger partial charge in [-0.1, -0.05) is 0 Å². The van der Waals surface area contributed by atoms with Gasteiger partial charge in [0.25, 0.3) is 0 Å². The third kappa shape index (κ3) is 3.42. The number of nitrogens with one attached hydrogen (secondary N) is 1. The lowest BCUT2D eigenvalue weighted by atomic mass is 10.2. The Morgan fingerprint density at radius 2 is 2.43 bits per heavy atom. The molecule has 14 heavy (non-hydrogen) atoms. The van der Waals surface area contributed by atoms with Crippen molar-refractivity contribution in [2.75, 3.05) is 26.8 Å². The Morgan fingerprint density at radius 1 is 1.64 bits per heavy atom. The molecule has 0 spiro atoms. The summed E-state index contributed by atoms with van der Waals surface area (Å²) in [6, 6.07) is 3.81. The fraction of sp³-hybridized carbons (Fsp3) is 0.556. The molecule has 80 valence electrons. The summed E-state index contributed by atoms with van der Waals surface area (Å²) in [5, 5.41) is 3.24.